The van der Waals surface area contributed by atoms with Gasteiger partial charge >= 0.3 is 11.9 Å². The van der Waals surface area contributed by atoms with Crippen molar-refractivity contribution < 1.29 is 24.2 Å². The zero-order chi connectivity index (χ0) is 19.8. The normalized spacial score (nSPS) is 28.0. The minimum atomic E-state index is -1.47. The van der Waals surface area contributed by atoms with Gasteiger partial charge < -0.3 is 14.6 Å². The average Bonchev–Trinajstić information content (AvgIpc) is 2.72. The first-order valence-electron chi connectivity index (χ1n) is 8.88. The van der Waals surface area contributed by atoms with Crippen LogP contribution in [-0.4, -0.2) is 60.1 Å². The van der Waals surface area contributed by atoms with Crippen molar-refractivity contribution in [2.45, 2.75) is 77.9 Å². The van der Waals surface area contributed by atoms with E-state index in [1.807, 2.05) is 13.8 Å². The molecule has 0 aromatic carbocycles. The number of aliphatic carboxylic acids is 1. The lowest BCUT2D eigenvalue weighted by atomic mass is 9.72. The molecule has 0 aromatic heterocycles. The molecule has 1 heterocycles. The Labute approximate surface area is 152 Å². The number of hydrogen-bond donors (Lipinski definition) is 1. The number of ether oxygens (including phenoxy) is 2. The van der Waals surface area contributed by atoms with Crippen LogP contribution in [0, 0.1) is 11.3 Å². The maximum absolute atomic E-state index is 12.1. The summed E-state index contributed by atoms with van der Waals surface area (Å²) in [6.45, 7) is 15.7. The molecule has 1 saturated heterocycles. The molecule has 0 radical (unpaired) electrons. The highest BCUT2D eigenvalue weighted by molar-refractivity contribution is 7.73. The first-order valence-corrected chi connectivity index (χ1v) is 11.7. The van der Waals surface area contributed by atoms with Gasteiger partial charge in [0, 0.05) is 11.3 Å². The Bertz CT molecular complexity index is 560. The Morgan fingerprint density at radius 2 is 1.68 bits per heavy atom. The van der Waals surface area contributed by atoms with Crippen LogP contribution in [-0.2, 0) is 19.1 Å². The lowest BCUT2D eigenvalue weighted by molar-refractivity contribution is -0.160. The molecule has 4 atom stereocenters. The van der Waals surface area contributed by atoms with Gasteiger partial charge in [-0.3, -0.25) is 9.59 Å². The molecule has 25 heavy (non-hydrogen) atoms. The third-order valence-corrected chi connectivity index (χ3v) is 10.1. The van der Waals surface area contributed by atoms with Crippen molar-refractivity contribution >= 4 is 25.1 Å². The highest BCUT2D eigenvalue weighted by atomic mass is 31.2. The number of carboxylic acid groups (broad SMARTS) is 1. The highest BCUT2D eigenvalue weighted by Gasteiger charge is 2.56. The quantitative estimate of drug-likeness (QED) is 0.543. The third kappa shape index (κ3) is 4.49. The lowest BCUT2D eigenvalue weighted by Crippen LogP contribution is -2.52. The minimum Gasteiger partial charge on any atom is -0.481 e. The average molecular weight is 374 g/mol. The first kappa shape index (κ1) is 22.2. The Kier molecular flexibility index (Phi) is 6.62. The standard InChI is InChI=1S/C19H35O5P/c1-12-13(2)23-17(16(12)24-15(22)11-10-14(20)21)18(3,4)19(5,6)25(7,8)9/h12-13,16-17H,7,10-11H2,1-6,8-9H3,(H,20,21)/t12-,13-,16-,17?/m0/s1. The van der Waals surface area contributed by atoms with Crippen molar-refractivity contribution in [1.82, 2.24) is 0 Å². The van der Waals surface area contributed by atoms with Crippen LogP contribution in [0.25, 0.3) is 0 Å². The van der Waals surface area contributed by atoms with E-state index in [-0.39, 0.29) is 47.6 Å². The van der Waals surface area contributed by atoms with E-state index in [2.05, 4.69) is 47.3 Å². The second-order valence-corrected chi connectivity index (χ2v) is 13.4. The van der Waals surface area contributed by atoms with Gasteiger partial charge in [0.05, 0.1) is 18.9 Å². The molecule has 146 valence electrons. The van der Waals surface area contributed by atoms with Gasteiger partial charge in [0.2, 0.25) is 0 Å². The summed E-state index contributed by atoms with van der Waals surface area (Å²) in [5.41, 5.74) is -0.261. The molecule has 6 heteroatoms. The zero-order valence-electron chi connectivity index (χ0n) is 17.0. The van der Waals surface area contributed by atoms with Gasteiger partial charge in [-0.25, -0.2) is 0 Å². The van der Waals surface area contributed by atoms with Gasteiger partial charge in [-0.2, -0.15) is 0 Å². The Balaban J connectivity index is 3.08. The fourth-order valence-corrected chi connectivity index (χ4v) is 4.96. The van der Waals surface area contributed by atoms with E-state index >= 15 is 0 Å². The third-order valence-electron chi connectivity index (χ3n) is 6.53. The second kappa shape index (κ2) is 7.44. The van der Waals surface area contributed by atoms with E-state index in [4.69, 9.17) is 14.6 Å². The number of rotatable bonds is 7. The lowest BCUT2D eigenvalue weighted by Gasteiger charge is -2.51. The number of hydrogen-bond acceptors (Lipinski definition) is 4. The van der Waals surface area contributed by atoms with Crippen LogP contribution in [0.2, 0.25) is 0 Å². The van der Waals surface area contributed by atoms with Crippen LogP contribution >= 0.6 is 6.89 Å². The molecule has 1 N–H and O–H groups in total. The van der Waals surface area contributed by atoms with Crippen molar-refractivity contribution in [3.8, 4) is 0 Å². The monoisotopic (exact) mass is 374 g/mol. The van der Waals surface area contributed by atoms with Crippen LogP contribution in [0.5, 0.6) is 0 Å². The summed E-state index contributed by atoms with van der Waals surface area (Å²) in [4.78, 5) is 22.8. The summed E-state index contributed by atoms with van der Waals surface area (Å²) in [6, 6.07) is 0. The van der Waals surface area contributed by atoms with Crippen molar-refractivity contribution in [3.05, 3.63) is 0 Å². The number of carbonyl (C=O) groups excluding carboxylic acids is 1. The van der Waals surface area contributed by atoms with Gasteiger partial charge in [-0.05, 0) is 25.4 Å². The summed E-state index contributed by atoms with van der Waals surface area (Å²) < 4.78 is 12.0. The Hall–Kier alpha value is -0.800. The van der Waals surface area contributed by atoms with Crippen LogP contribution < -0.4 is 0 Å². The molecule has 0 spiro atoms. The molecule has 0 aromatic rings. The zero-order valence-corrected chi connectivity index (χ0v) is 17.9. The van der Waals surface area contributed by atoms with Gasteiger partial charge in [0.1, 0.15) is 12.2 Å². The summed E-state index contributed by atoms with van der Waals surface area (Å²) in [6.07, 6.45) is 3.46. The largest absolute Gasteiger partial charge is 0.481 e. The molecule has 1 aliphatic heterocycles. The number of esters is 1. The van der Waals surface area contributed by atoms with Crippen molar-refractivity contribution in [2.75, 3.05) is 13.3 Å². The van der Waals surface area contributed by atoms with E-state index < -0.39 is 18.8 Å². The van der Waals surface area contributed by atoms with Gasteiger partial charge in [0.15, 0.2) is 0 Å². The van der Waals surface area contributed by atoms with Crippen LogP contribution in [0.15, 0.2) is 0 Å². The molecule has 0 saturated carbocycles. The van der Waals surface area contributed by atoms with Crippen LogP contribution in [0.3, 0.4) is 0 Å². The van der Waals surface area contributed by atoms with Crippen molar-refractivity contribution in [1.29, 1.82) is 0 Å². The molecule has 1 unspecified atom stereocenters. The van der Waals surface area contributed by atoms with E-state index in [0.29, 0.717) is 0 Å². The van der Waals surface area contributed by atoms with E-state index in [0.717, 1.165) is 0 Å². The Morgan fingerprint density at radius 1 is 1.16 bits per heavy atom. The molecule has 0 bridgehead atoms. The van der Waals surface area contributed by atoms with E-state index in [9.17, 15) is 9.59 Å². The van der Waals surface area contributed by atoms with Crippen molar-refractivity contribution in [3.63, 3.8) is 0 Å². The molecule has 1 aliphatic rings. The van der Waals surface area contributed by atoms with Gasteiger partial charge in [-0.15, -0.1) is 13.2 Å². The molecular formula is C19H35O5P. The first-order chi connectivity index (χ1) is 11.1. The summed E-state index contributed by atoms with van der Waals surface area (Å²) >= 11 is 0. The van der Waals surface area contributed by atoms with Crippen molar-refractivity contribution in [2.24, 2.45) is 11.3 Å². The predicted molar refractivity (Wildman–Crippen MR) is 104 cm³/mol. The summed E-state index contributed by atoms with van der Waals surface area (Å²) in [7, 11) is 0. The SMILES string of the molecule is C=P(C)(C)C(C)(C)C(C)(C)C1O[C@@H](C)[C@H](C)[C@@H]1OC(=O)CCC(=O)O. The molecular weight excluding hydrogens is 339 g/mol. The van der Waals surface area contributed by atoms with Crippen LogP contribution in [0.4, 0.5) is 0 Å². The molecule has 5 nitrogen and oxygen atoms in total. The molecule has 1 fully saturated rings. The number of carboxylic acids is 1. The van der Waals surface area contributed by atoms with Gasteiger partial charge in [-0.1, -0.05) is 34.6 Å². The highest BCUT2D eigenvalue weighted by Crippen LogP contribution is 2.62. The van der Waals surface area contributed by atoms with E-state index in [1.165, 1.54) is 0 Å². The second-order valence-electron chi connectivity index (χ2n) is 8.93. The maximum Gasteiger partial charge on any atom is 0.306 e. The fraction of sp³-hybridized carbons (Fsp3) is 0.842. The Morgan fingerprint density at radius 3 is 2.12 bits per heavy atom. The fourth-order valence-electron chi connectivity index (χ4n) is 3.27. The topological polar surface area (TPSA) is 72.8 Å². The molecule has 0 amide bonds. The van der Waals surface area contributed by atoms with Crippen LogP contribution in [0.1, 0.15) is 54.4 Å². The predicted octanol–water partition coefficient (Wildman–Crippen LogP) is 3.70. The number of carbonyl (C=O) groups is 2. The van der Waals surface area contributed by atoms with E-state index in [1.54, 1.807) is 0 Å². The smallest absolute Gasteiger partial charge is 0.306 e. The summed E-state index contributed by atoms with van der Waals surface area (Å²) in [5.74, 6) is -1.41. The maximum atomic E-state index is 12.1. The minimum absolute atomic E-state index is 0.0244. The summed E-state index contributed by atoms with van der Waals surface area (Å²) in [5, 5.41) is 8.68. The molecule has 0 aliphatic carbocycles. The van der Waals surface area contributed by atoms with Gasteiger partial charge in [0.25, 0.3) is 0 Å². The molecule has 1 rings (SSSR count).